The summed E-state index contributed by atoms with van der Waals surface area (Å²) in [5.41, 5.74) is 2.24. The number of fused-ring (bicyclic) bond motifs is 1. The number of nitrogens with zero attached hydrogens (tertiary/aromatic N) is 2. The van der Waals surface area contributed by atoms with E-state index in [2.05, 4.69) is 54.6 Å². The molecular formula is C21H24N2O2. The molecule has 1 aromatic heterocycles. The topological polar surface area (TPSA) is 36.3 Å². The van der Waals surface area contributed by atoms with Gasteiger partial charge in [0.1, 0.15) is 5.75 Å². The van der Waals surface area contributed by atoms with E-state index >= 15 is 0 Å². The number of ether oxygens (including phenoxy) is 2. The molecule has 1 unspecified atom stereocenters. The molecule has 0 spiro atoms. The smallest absolute Gasteiger partial charge is 0.127 e. The molecule has 0 amide bonds. The molecule has 0 N–H and O–H groups in total. The normalized spacial score (nSPS) is 17.7. The van der Waals surface area contributed by atoms with Crippen molar-refractivity contribution in [2.75, 3.05) is 19.8 Å². The molecule has 4 nitrogen and oxygen atoms in total. The summed E-state index contributed by atoms with van der Waals surface area (Å²) in [4.78, 5) is 0. The number of hydrogen-bond acceptors (Lipinski definition) is 3. The van der Waals surface area contributed by atoms with E-state index < -0.39 is 0 Å². The Morgan fingerprint density at radius 1 is 1.24 bits per heavy atom. The van der Waals surface area contributed by atoms with Crippen molar-refractivity contribution in [1.82, 2.24) is 9.78 Å². The quantitative estimate of drug-likeness (QED) is 0.687. The van der Waals surface area contributed by atoms with Crippen molar-refractivity contribution in [3.8, 4) is 16.9 Å². The molecule has 25 heavy (non-hydrogen) atoms. The minimum atomic E-state index is 0.478. The van der Waals surface area contributed by atoms with Gasteiger partial charge in [-0.2, -0.15) is 5.10 Å². The number of rotatable bonds is 5. The Kier molecular flexibility index (Phi) is 4.70. The van der Waals surface area contributed by atoms with E-state index in [1.54, 1.807) is 0 Å². The summed E-state index contributed by atoms with van der Waals surface area (Å²) >= 11 is 0. The molecule has 1 aliphatic heterocycles. The molecule has 1 fully saturated rings. The lowest BCUT2D eigenvalue weighted by Crippen LogP contribution is -2.23. The largest absolute Gasteiger partial charge is 0.493 e. The van der Waals surface area contributed by atoms with Crippen molar-refractivity contribution in [1.29, 1.82) is 0 Å². The SMILES string of the molecule is CCn1cc(-c2c(OCC3CCCOC3)ccc3ccccc23)cn1. The first kappa shape index (κ1) is 16.2. The van der Waals surface area contributed by atoms with Gasteiger partial charge in [0.25, 0.3) is 0 Å². The Balaban J connectivity index is 1.70. The van der Waals surface area contributed by atoms with Crippen LogP contribution in [0.1, 0.15) is 19.8 Å². The highest BCUT2D eigenvalue weighted by atomic mass is 16.5. The highest BCUT2D eigenvalue weighted by molar-refractivity contribution is 5.99. The fraction of sp³-hybridized carbons (Fsp3) is 0.381. The monoisotopic (exact) mass is 336 g/mol. The third-order valence-electron chi connectivity index (χ3n) is 4.87. The Labute approximate surface area is 148 Å². The van der Waals surface area contributed by atoms with Crippen LogP contribution in [0, 0.1) is 5.92 Å². The summed E-state index contributed by atoms with van der Waals surface area (Å²) in [7, 11) is 0. The van der Waals surface area contributed by atoms with Gasteiger partial charge in [0, 0.05) is 36.4 Å². The van der Waals surface area contributed by atoms with Gasteiger partial charge in [0.2, 0.25) is 0 Å². The van der Waals surface area contributed by atoms with Crippen LogP contribution in [0.15, 0.2) is 48.8 Å². The zero-order valence-electron chi connectivity index (χ0n) is 14.6. The van der Waals surface area contributed by atoms with Crippen molar-refractivity contribution in [3.05, 3.63) is 48.8 Å². The number of hydrogen-bond donors (Lipinski definition) is 0. The summed E-state index contributed by atoms with van der Waals surface area (Å²) in [6.07, 6.45) is 6.33. The first-order chi connectivity index (χ1) is 12.3. The van der Waals surface area contributed by atoms with Gasteiger partial charge in [0.15, 0.2) is 0 Å². The molecule has 0 aliphatic carbocycles. The van der Waals surface area contributed by atoms with Gasteiger partial charge in [-0.3, -0.25) is 4.68 Å². The fourth-order valence-corrected chi connectivity index (χ4v) is 3.48. The minimum Gasteiger partial charge on any atom is -0.493 e. The lowest BCUT2D eigenvalue weighted by Gasteiger charge is -2.23. The molecule has 4 rings (SSSR count). The number of aromatic nitrogens is 2. The molecule has 3 aromatic rings. The average Bonchev–Trinajstić information content (AvgIpc) is 3.15. The highest BCUT2D eigenvalue weighted by Gasteiger charge is 2.17. The molecule has 130 valence electrons. The van der Waals surface area contributed by atoms with Crippen molar-refractivity contribution in [2.24, 2.45) is 5.92 Å². The Morgan fingerprint density at radius 3 is 2.96 bits per heavy atom. The van der Waals surface area contributed by atoms with E-state index in [1.165, 1.54) is 17.2 Å². The van der Waals surface area contributed by atoms with E-state index in [-0.39, 0.29) is 0 Å². The maximum Gasteiger partial charge on any atom is 0.127 e. The van der Waals surface area contributed by atoms with Crippen LogP contribution in [0.5, 0.6) is 5.75 Å². The van der Waals surface area contributed by atoms with Gasteiger partial charge >= 0.3 is 0 Å². The summed E-state index contributed by atoms with van der Waals surface area (Å²) in [6.45, 7) is 5.35. The van der Waals surface area contributed by atoms with Crippen molar-refractivity contribution < 1.29 is 9.47 Å². The van der Waals surface area contributed by atoms with Crippen molar-refractivity contribution in [3.63, 3.8) is 0 Å². The van der Waals surface area contributed by atoms with Gasteiger partial charge in [-0.1, -0.05) is 30.3 Å². The second-order valence-electron chi connectivity index (χ2n) is 6.64. The van der Waals surface area contributed by atoms with Crippen LogP contribution in [-0.4, -0.2) is 29.6 Å². The first-order valence-electron chi connectivity index (χ1n) is 9.10. The van der Waals surface area contributed by atoms with E-state index in [0.717, 1.165) is 43.1 Å². The second-order valence-corrected chi connectivity index (χ2v) is 6.64. The molecule has 4 heteroatoms. The van der Waals surface area contributed by atoms with Crippen LogP contribution >= 0.6 is 0 Å². The summed E-state index contributed by atoms with van der Waals surface area (Å²) in [5.74, 6) is 1.41. The standard InChI is InChI=1S/C21H24N2O2/c1-2-23-13-18(12-22-23)21-19-8-4-3-7-17(19)9-10-20(21)25-15-16-6-5-11-24-14-16/h3-4,7-10,12-13,16H,2,5-6,11,14-15H2,1H3. The van der Waals surface area contributed by atoms with Gasteiger partial charge in [-0.05, 0) is 36.6 Å². The molecule has 2 aromatic carbocycles. The van der Waals surface area contributed by atoms with Gasteiger partial charge in [0.05, 0.1) is 19.4 Å². The number of benzene rings is 2. The van der Waals surface area contributed by atoms with Crippen molar-refractivity contribution >= 4 is 10.8 Å². The molecule has 1 saturated heterocycles. The zero-order chi connectivity index (χ0) is 17.1. The van der Waals surface area contributed by atoms with Crippen LogP contribution in [0.2, 0.25) is 0 Å². The van der Waals surface area contributed by atoms with E-state index in [0.29, 0.717) is 12.5 Å². The Hall–Kier alpha value is -2.33. The summed E-state index contributed by atoms with van der Waals surface area (Å²) in [6, 6.07) is 12.7. The lowest BCUT2D eigenvalue weighted by molar-refractivity contribution is 0.0353. The van der Waals surface area contributed by atoms with Crippen LogP contribution < -0.4 is 4.74 Å². The van der Waals surface area contributed by atoms with E-state index in [4.69, 9.17) is 9.47 Å². The minimum absolute atomic E-state index is 0.478. The third-order valence-corrected chi connectivity index (χ3v) is 4.87. The van der Waals surface area contributed by atoms with Gasteiger partial charge in [-0.25, -0.2) is 0 Å². The molecule has 1 aliphatic rings. The Bertz CT molecular complexity index is 850. The second kappa shape index (κ2) is 7.28. The van der Waals surface area contributed by atoms with Crippen LogP contribution in [-0.2, 0) is 11.3 Å². The maximum atomic E-state index is 6.27. The van der Waals surface area contributed by atoms with Crippen LogP contribution in [0.4, 0.5) is 0 Å². The zero-order valence-corrected chi connectivity index (χ0v) is 14.6. The van der Waals surface area contributed by atoms with E-state index in [1.807, 2.05) is 10.9 Å². The predicted octanol–water partition coefficient (Wildman–Crippen LogP) is 4.53. The first-order valence-corrected chi connectivity index (χ1v) is 9.10. The van der Waals surface area contributed by atoms with E-state index in [9.17, 15) is 0 Å². The Morgan fingerprint density at radius 2 is 2.16 bits per heavy atom. The predicted molar refractivity (Wildman–Crippen MR) is 99.9 cm³/mol. The molecule has 1 atom stereocenters. The molecule has 0 bridgehead atoms. The third kappa shape index (κ3) is 3.40. The molecular weight excluding hydrogens is 312 g/mol. The van der Waals surface area contributed by atoms with Gasteiger partial charge in [-0.15, -0.1) is 0 Å². The number of aryl methyl sites for hydroxylation is 1. The average molecular weight is 336 g/mol. The maximum absolute atomic E-state index is 6.27. The fourth-order valence-electron chi connectivity index (χ4n) is 3.48. The summed E-state index contributed by atoms with van der Waals surface area (Å²) in [5, 5.41) is 6.87. The molecule has 2 heterocycles. The van der Waals surface area contributed by atoms with Crippen LogP contribution in [0.3, 0.4) is 0 Å². The van der Waals surface area contributed by atoms with Gasteiger partial charge < -0.3 is 9.47 Å². The molecule has 0 radical (unpaired) electrons. The highest BCUT2D eigenvalue weighted by Crippen LogP contribution is 2.37. The van der Waals surface area contributed by atoms with Crippen LogP contribution in [0.25, 0.3) is 21.9 Å². The van der Waals surface area contributed by atoms with Crippen molar-refractivity contribution in [2.45, 2.75) is 26.3 Å². The summed E-state index contributed by atoms with van der Waals surface area (Å²) < 4.78 is 13.8. The lowest BCUT2D eigenvalue weighted by atomic mass is 9.99. The molecule has 0 saturated carbocycles.